The zero-order valence-corrected chi connectivity index (χ0v) is 11.3. The number of rotatable bonds is 7. The van der Waals surface area contributed by atoms with Crippen molar-refractivity contribution >= 4 is 5.78 Å². The van der Waals surface area contributed by atoms with Crippen LogP contribution in [0.25, 0.3) is 0 Å². The number of ether oxygens (including phenoxy) is 1. The van der Waals surface area contributed by atoms with Gasteiger partial charge in [0.25, 0.3) is 0 Å². The van der Waals surface area contributed by atoms with E-state index in [1.807, 2.05) is 6.92 Å². The molecule has 2 nitrogen and oxygen atoms in total. The number of Topliss-reactive ketones (excluding diaryl/α,β-unsaturated/α-hetero) is 1. The van der Waals surface area contributed by atoms with Crippen LogP contribution in [0.15, 0.2) is 24.3 Å². The van der Waals surface area contributed by atoms with Crippen molar-refractivity contribution in [1.29, 1.82) is 0 Å². The van der Waals surface area contributed by atoms with Crippen LogP contribution in [0.2, 0.25) is 0 Å². The highest BCUT2D eigenvalue weighted by Crippen LogP contribution is 2.37. The van der Waals surface area contributed by atoms with Crippen molar-refractivity contribution in [3.05, 3.63) is 35.4 Å². The Balaban J connectivity index is 1.92. The number of carbonyl (C=O) groups excluding carboxylic acids is 1. The van der Waals surface area contributed by atoms with Crippen LogP contribution in [0.5, 0.6) is 0 Å². The Hall–Kier alpha value is -1.15. The molecule has 1 aliphatic rings. The van der Waals surface area contributed by atoms with E-state index in [1.165, 1.54) is 11.1 Å². The van der Waals surface area contributed by atoms with Crippen molar-refractivity contribution in [2.45, 2.75) is 51.6 Å². The third kappa shape index (κ3) is 2.81. The van der Waals surface area contributed by atoms with Crippen LogP contribution < -0.4 is 0 Å². The summed E-state index contributed by atoms with van der Waals surface area (Å²) in [6.45, 7) is 4.67. The molecule has 0 fully saturated rings. The Morgan fingerprint density at radius 1 is 1.39 bits per heavy atom. The van der Waals surface area contributed by atoms with Crippen LogP contribution in [0.4, 0.5) is 0 Å². The Kier molecular flexibility index (Phi) is 4.54. The van der Waals surface area contributed by atoms with Crippen LogP contribution in [0, 0.1) is 0 Å². The number of fused-ring (bicyclic) bond motifs is 1. The average molecular weight is 246 g/mol. The second kappa shape index (κ2) is 6.14. The van der Waals surface area contributed by atoms with Crippen molar-refractivity contribution in [3.8, 4) is 0 Å². The lowest BCUT2D eigenvalue weighted by Gasteiger charge is -2.30. The maximum atomic E-state index is 12.2. The summed E-state index contributed by atoms with van der Waals surface area (Å²) in [5.74, 6) is 0.701. The molecular formula is C16H22O2. The maximum Gasteiger partial charge on any atom is 0.162 e. The van der Waals surface area contributed by atoms with Gasteiger partial charge in [-0.05, 0) is 36.8 Å². The third-order valence-corrected chi connectivity index (χ3v) is 3.69. The van der Waals surface area contributed by atoms with E-state index < -0.39 is 0 Å². The summed E-state index contributed by atoms with van der Waals surface area (Å²) in [4.78, 5) is 12.2. The van der Waals surface area contributed by atoms with E-state index in [2.05, 4.69) is 31.2 Å². The quantitative estimate of drug-likeness (QED) is 0.736. The molecule has 2 unspecified atom stereocenters. The van der Waals surface area contributed by atoms with E-state index in [0.717, 1.165) is 19.3 Å². The fraction of sp³-hybridized carbons (Fsp3) is 0.562. The van der Waals surface area contributed by atoms with Gasteiger partial charge in [0.15, 0.2) is 5.78 Å². The van der Waals surface area contributed by atoms with E-state index in [0.29, 0.717) is 18.9 Å². The van der Waals surface area contributed by atoms with Gasteiger partial charge in [-0.25, -0.2) is 0 Å². The molecule has 2 heteroatoms. The van der Waals surface area contributed by atoms with Gasteiger partial charge in [0.2, 0.25) is 0 Å². The Labute approximate surface area is 109 Å². The molecule has 0 N–H and O–H groups in total. The second-order valence-electron chi connectivity index (χ2n) is 5.00. The maximum absolute atomic E-state index is 12.2. The van der Waals surface area contributed by atoms with Gasteiger partial charge < -0.3 is 4.74 Å². The lowest BCUT2D eigenvalue weighted by Crippen LogP contribution is -2.29. The molecule has 0 saturated carbocycles. The molecule has 2 atom stereocenters. The first-order valence-corrected chi connectivity index (χ1v) is 6.98. The standard InChI is InChI=1S/C16H22O2/c1-3-7-16(18-4-2)15(17)11-13-10-12-8-5-6-9-14(12)13/h5-6,8-9,13,16H,3-4,7,10-11H2,1-2H3. The molecule has 0 saturated heterocycles. The number of hydrogen-bond acceptors (Lipinski definition) is 2. The minimum atomic E-state index is -0.187. The first-order chi connectivity index (χ1) is 8.76. The molecule has 0 aromatic heterocycles. The molecule has 98 valence electrons. The lowest BCUT2D eigenvalue weighted by atomic mass is 9.74. The zero-order valence-electron chi connectivity index (χ0n) is 11.3. The van der Waals surface area contributed by atoms with Crippen LogP contribution in [-0.4, -0.2) is 18.5 Å². The van der Waals surface area contributed by atoms with Crippen LogP contribution in [-0.2, 0) is 16.0 Å². The van der Waals surface area contributed by atoms with Crippen molar-refractivity contribution in [1.82, 2.24) is 0 Å². The van der Waals surface area contributed by atoms with Gasteiger partial charge in [0.05, 0.1) is 0 Å². The van der Waals surface area contributed by atoms with Crippen LogP contribution in [0.1, 0.15) is 50.2 Å². The van der Waals surface area contributed by atoms with Gasteiger partial charge >= 0.3 is 0 Å². The normalized spacial score (nSPS) is 18.9. The molecule has 2 rings (SSSR count). The van der Waals surface area contributed by atoms with E-state index >= 15 is 0 Å². The largest absolute Gasteiger partial charge is 0.371 e. The Bertz CT molecular complexity index is 405. The molecule has 1 aliphatic carbocycles. The molecule has 0 bridgehead atoms. The monoisotopic (exact) mass is 246 g/mol. The highest BCUT2D eigenvalue weighted by atomic mass is 16.5. The van der Waals surface area contributed by atoms with Crippen molar-refractivity contribution in [2.24, 2.45) is 0 Å². The predicted molar refractivity (Wildman–Crippen MR) is 72.8 cm³/mol. The number of benzene rings is 1. The van der Waals surface area contributed by atoms with Crippen molar-refractivity contribution < 1.29 is 9.53 Å². The topological polar surface area (TPSA) is 26.3 Å². The van der Waals surface area contributed by atoms with Crippen molar-refractivity contribution in [3.63, 3.8) is 0 Å². The lowest BCUT2D eigenvalue weighted by molar-refractivity contribution is -0.131. The van der Waals surface area contributed by atoms with Crippen molar-refractivity contribution in [2.75, 3.05) is 6.61 Å². The summed E-state index contributed by atoms with van der Waals surface area (Å²) < 4.78 is 5.55. The molecule has 18 heavy (non-hydrogen) atoms. The van der Waals surface area contributed by atoms with Crippen LogP contribution >= 0.6 is 0 Å². The Morgan fingerprint density at radius 2 is 2.17 bits per heavy atom. The first kappa shape index (κ1) is 13.3. The van der Waals surface area contributed by atoms with E-state index in [9.17, 15) is 4.79 Å². The number of ketones is 1. The smallest absolute Gasteiger partial charge is 0.162 e. The minimum absolute atomic E-state index is 0.187. The van der Waals surface area contributed by atoms with E-state index in [4.69, 9.17) is 4.74 Å². The Morgan fingerprint density at radius 3 is 2.83 bits per heavy atom. The summed E-state index contributed by atoms with van der Waals surface area (Å²) in [7, 11) is 0. The van der Waals surface area contributed by atoms with E-state index in [1.54, 1.807) is 0 Å². The first-order valence-electron chi connectivity index (χ1n) is 6.98. The molecule has 1 aromatic carbocycles. The van der Waals surface area contributed by atoms with Gasteiger partial charge in [-0.2, -0.15) is 0 Å². The molecule has 0 heterocycles. The average Bonchev–Trinajstić information content (AvgIpc) is 2.35. The second-order valence-corrected chi connectivity index (χ2v) is 5.00. The number of hydrogen-bond donors (Lipinski definition) is 0. The molecular weight excluding hydrogens is 224 g/mol. The molecule has 0 aliphatic heterocycles. The van der Waals surface area contributed by atoms with Crippen LogP contribution in [0.3, 0.4) is 0 Å². The van der Waals surface area contributed by atoms with Gasteiger partial charge in [-0.15, -0.1) is 0 Å². The van der Waals surface area contributed by atoms with Gasteiger partial charge in [-0.3, -0.25) is 4.79 Å². The SMILES string of the molecule is CCCC(OCC)C(=O)CC1Cc2ccccc21. The van der Waals surface area contributed by atoms with Gasteiger partial charge in [0.1, 0.15) is 6.10 Å². The fourth-order valence-corrected chi connectivity index (χ4v) is 2.72. The molecule has 0 amide bonds. The third-order valence-electron chi connectivity index (χ3n) is 3.69. The van der Waals surface area contributed by atoms with Gasteiger partial charge in [-0.1, -0.05) is 37.6 Å². The summed E-state index contributed by atoms with van der Waals surface area (Å²) in [6.07, 6.45) is 3.35. The van der Waals surface area contributed by atoms with Gasteiger partial charge in [0, 0.05) is 13.0 Å². The predicted octanol–water partition coefficient (Wildman–Crippen LogP) is 3.49. The minimum Gasteiger partial charge on any atom is -0.371 e. The highest BCUT2D eigenvalue weighted by molar-refractivity contribution is 5.84. The van der Waals surface area contributed by atoms with E-state index in [-0.39, 0.29) is 11.9 Å². The highest BCUT2D eigenvalue weighted by Gasteiger charge is 2.30. The molecule has 0 radical (unpaired) electrons. The number of carbonyl (C=O) groups is 1. The summed E-state index contributed by atoms with van der Waals surface area (Å²) in [6, 6.07) is 8.42. The zero-order chi connectivity index (χ0) is 13.0. The molecule has 0 spiro atoms. The summed E-state index contributed by atoms with van der Waals surface area (Å²) in [5, 5.41) is 0. The molecule has 1 aromatic rings. The summed E-state index contributed by atoms with van der Waals surface area (Å²) in [5.41, 5.74) is 2.76. The summed E-state index contributed by atoms with van der Waals surface area (Å²) >= 11 is 0. The fourth-order valence-electron chi connectivity index (χ4n) is 2.72.